The summed E-state index contributed by atoms with van der Waals surface area (Å²) >= 11 is 0. The van der Waals surface area contributed by atoms with Gasteiger partial charge in [0, 0.05) is 25.7 Å². The molecule has 90 valence electrons. The van der Waals surface area contributed by atoms with Crippen molar-refractivity contribution in [2.75, 3.05) is 26.2 Å². The fourth-order valence-corrected chi connectivity index (χ4v) is 2.52. The summed E-state index contributed by atoms with van der Waals surface area (Å²) in [6.07, 6.45) is 0. The van der Waals surface area contributed by atoms with Gasteiger partial charge in [0.25, 0.3) is 0 Å². The molecular formula is C13H28N2. The van der Waals surface area contributed by atoms with E-state index >= 15 is 0 Å². The van der Waals surface area contributed by atoms with Gasteiger partial charge in [-0.15, -0.1) is 0 Å². The summed E-state index contributed by atoms with van der Waals surface area (Å²) in [5, 5.41) is 3.49. The van der Waals surface area contributed by atoms with Crippen molar-refractivity contribution in [3.05, 3.63) is 0 Å². The second-order valence-electron chi connectivity index (χ2n) is 5.53. The summed E-state index contributed by atoms with van der Waals surface area (Å²) in [5.74, 6) is 2.49. The number of rotatable bonds is 5. The van der Waals surface area contributed by atoms with Crippen molar-refractivity contribution < 1.29 is 0 Å². The SMILES string of the molecule is CCNCC(C(C)C)N1CC(C)C(C)C1. The van der Waals surface area contributed by atoms with E-state index in [-0.39, 0.29) is 0 Å². The average molecular weight is 212 g/mol. The quantitative estimate of drug-likeness (QED) is 0.751. The molecule has 2 heteroatoms. The number of nitrogens with one attached hydrogen (secondary N) is 1. The highest BCUT2D eigenvalue weighted by Crippen LogP contribution is 2.26. The topological polar surface area (TPSA) is 15.3 Å². The fourth-order valence-electron chi connectivity index (χ4n) is 2.52. The maximum absolute atomic E-state index is 3.49. The zero-order valence-electron chi connectivity index (χ0n) is 11.1. The van der Waals surface area contributed by atoms with Crippen LogP contribution >= 0.6 is 0 Å². The monoisotopic (exact) mass is 212 g/mol. The van der Waals surface area contributed by atoms with E-state index in [9.17, 15) is 0 Å². The van der Waals surface area contributed by atoms with Crippen molar-refractivity contribution >= 4 is 0 Å². The Morgan fingerprint density at radius 2 is 1.73 bits per heavy atom. The summed E-state index contributed by atoms with van der Waals surface area (Å²) < 4.78 is 0. The van der Waals surface area contributed by atoms with Gasteiger partial charge in [-0.25, -0.2) is 0 Å². The van der Waals surface area contributed by atoms with Gasteiger partial charge in [0.15, 0.2) is 0 Å². The van der Waals surface area contributed by atoms with E-state index in [0.29, 0.717) is 0 Å². The Morgan fingerprint density at radius 3 is 2.13 bits per heavy atom. The van der Waals surface area contributed by atoms with E-state index < -0.39 is 0 Å². The minimum atomic E-state index is 0.720. The molecule has 1 N–H and O–H groups in total. The Balaban J connectivity index is 2.49. The molecule has 0 saturated carbocycles. The van der Waals surface area contributed by atoms with Gasteiger partial charge in [0.1, 0.15) is 0 Å². The first-order valence-electron chi connectivity index (χ1n) is 6.51. The molecule has 1 aliphatic heterocycles. The van der Waals surface area contributed by atoms with E-state index in [2.05, 4.69) is 44.8 Å². The molecule has 0 amide bonds. The minimum Gasteiger partial charge on any atom is -0.315 e. The van der Waals surface area contributed by atoms with Crippen molar-refractivity contribution in [2.45, 2.75) is 40.7 Å². The van der Waals surface area contributed by atoms with Crippen molar-refractivity contribution in [3.63, 3.8) is 0 Å². The molecule has 1 aliphatic rings. The molecule has 0 bridgehead atoms. The van der Waals surface area contributed by atoms with Crippen molar-refractivity contribution in [1.82, 2.24) is 10.2 Å². The largest absolute Gasteiger partial charge is 0.315 e. The van der Waals surface area contributed by atoms with Gasteiger partial charge in [-0.2, -0.15) is 0 Å². The molecule has 0 radical (unpaired) electrons. The molecule has 0 aromatic heterocycles. The van der Waals surface area contributed by atoms with Crippen LogP contribution in [0.15, 0.2) is 0 Å². The van der Waals surface area contributed by atoms with Crippen LogP contribution in [0.2, 0.25) is 0 Å². The van der Waals surface area contributed by atoms with Gasteiger partial charge in [-0.05, 0) is 24.3 Å². The third-order valence-electron chi connectivity index (χ3n) is 3.86. The van der Waals surface area contributed by atoms with E-state index in [4.69, 9.17) is 0 Å². The van der Waals surface area contributed by atoms with Crippen LogP contribution in [0.25, 0.3) is 0 Å². The molecule has 1 rings (SSSR count). The summed E-state index contributed by atoms with van der Waals surface area (Å²) in [6.45, 7) is 16.4. The molecular weight excluding hydrogens is 184 g/mol. The Labute approximate surface area is 95.4 Å². The van der Waals surface area contributed by atoms with Gasteiger partial charge >= 0.3 is 0 Å². The normalized spacial score (nSPS) is 30.0. The highest BCUT2D eigenvalue weighted by Gasteiger charge is 2.31. The van der Waals surface area contributed by atoms with Crippen LogP contribution in [0.1, 0.15) is 34.6 Å². The first-order valence-corrected chi connectivity index (χ1v) is 6.51. The standard InChI is InChI=1S/C13H28N2/c1-6-14-7-13(10(2)3)15-8-11(4)12(5)9-15/h10-14H,6-9H2,1-5H3. The third kappa shape index (κ3) is 3.46. The number of likely N-dealkylation sites (tertiary alicyclic amines) is 1. The first kappa shape index (κ1) is 13.0. The molecule has 2 nitrogen and oxygen atoms in total. The van der Waals surface area contributed by atoms with Crippen molar-refractivity contribution in [3.8, 4) is 0 Å². The average Bonchev–Trinajstić information content (AvgIpc) is 2.47. The Morgan fingerprint density at radius 1 is 1.20 bits per heavy atom. The van der Waals surface area contributed by atoms with E-state index in [1.807, 2.05) is 0 Å². The lowest BCUT2D eigenvalue weighted by atomic mass is 10.0. The smallest absolute Gasteiger partial charge is 0.0243 e. The number of hydrogen-bond acceptors (Lipinski definition) is 2. The minimum absolute atomic E-state index is 0.720. The van der Waals surface area contributed by atoms with Crippen LogP contribution in [-0.2, 0) is 0 Å². The van der Waals surface area contributed by atoms with Crippen LogP contribution in [0.5, 0.6) is 0 Å². The molecule has 1 fully saturated rings. The molecule has 15 heavy (non-hydrogen) atoms. The van der Waals surface area contributed by atoms with Crippen LogP contribution < -0.4 is 5.32 Å². The van der Waals surface area contributed by atoms with Gasteiger partial charge in [-0.1, -0.05) is 34.6 Å². The van der Waals surface area contributed by atoms with E-state index in [1.54, 1.807) is 0 Å². The van der Waals surface area contributed by atoms with E-state index in [1.165, 1.54) is 13.1 Å². The maximum Gasteiger partial charge on any atom is 0.0243 e. The second kappa shape index (κ2) is 5.86. The number of hydrogen-bond donors (Lipinski definition) is 1. The van der Waals surface area contributed by atoms with Crippen molar-refractivity contribution in [2.24, 2.45) is 17.8 Å². The van der Waals surface area contributed by atoms with Crippen LogP contribution in [0.4, 0.5) is 0 Å². The molecule has 0 aromatic rings. The predicted octanol–water partition coefficient (Wildman–Crippen LogP) is 2.21. The lowest BCUT2D eigenvalue weighted by Gasteiger charge is -2.31. The van der Waals surface area contributed by atoms with Gasteiger partial charge in [0.2, 0.25) is 0 Å². The molecule has 1 heterocycles. The Hall–Kier alpha value is -0.0800. The van der Waals surface area contributed by atoms with Crippen molar-refractivity contribution in [1.29, 1.82) is 0 Å². The number of nitrogens with zero attached hydrogens (tertiary/aromatic N) is 1. The summed E-state index contributed by atoms with van der Waals surface area (Å²) in [7, 11) is 0. The van der Waals surface area contributed by atoms with Gasteiger partial charge in [0.05, 0.1) is 0 Å². The second-order valence-corrected chi connectivity index (χ2v) is 5.53. The molecule has 0 aliphatic carbocycles. The molecule has 3 unspecified atom stereocenters. The summed E-state index contributed by atoms with van der Waals surface area (Å²) in [5.41, 5.74) is 0. The molecule has 0 aromatic carbocycles. The van der Waals surface area contributed by atoms with Crippen LogP contribution in [-0.4, -0.2) is 37.1 Å². The number of likely N-dealkylation sites (N-methyl/N-ethyl adjacent to an activating group) is 1. The summed E-state index contributed by atoms with van der Waals surface area (Å²) in [4.78, 5) is 2.68. The predicted molar refractivity (Wildman–Crippen MR) is 67.1 cm³/mol. The van der Waals surface area contributed by atoms with Crippen LogP contribution in [0, 0.1) is 17.8 Å². The highest BCUT2D eigenvalue weighted by atomic mass is 15.2. The molecule has 3 atom stereocenters. The maximum atomic E-state index is 3.49. The molecule has 1 saturated heterocycles. The van der Waals surface area contributed by atoms with Crippen LogP contribution in [0.3, 0.4) is 0 Å². The highest BCUT2D eigenvalue weighted by molar-refractivity contribution is 4.86. The molecule has 0 spiro atoms. The summed E-state index contributed by atoms with van der Waals surface area (Å²) in [6, 6.07) is 0.720. The Bertz CT molecular complexity index is 169. The zero-order valence-corrected chi connectivity index (χ0v) is 11.1. The van der Waals surface area contributed by atoms with Gasteiger partial charge < -0.3 is 5.32 Å². The van der Waals surface area contributed by atoms with Gasteiger partial charge in [-0.3, -0.25) is 4.90 Å². The lowest BCUT2D eigenvalue weighted by Crippen LogP contribution is -2.44. The van der Waals surface area contributed by atoms with E-state index in [0.717, 1.165) is 36.9 Å². The zero-order chi connectivity index (χ0) is 11.4. The lowest BCUT2D eigenvalue weighted by molar-refractivity contribution is 0.179. The third-order valence-corrected chi connectivity index (χ3v) is 3.86. The first-order chi connectivity index (χ1) is 7.06. The fraction of sp³-hybridized carbons (Fsp3) is 1.00. The Kier molecular flexibility index (Phi) is 5.07.